The van der Waals surface area contributed by atoms with Crippen molar-refractivity contribution < 1.29 is 19.7 Å². The zero-order valence-corrected chi connectivity index (χ0v) is 15.0. The number of ether oxygens (including phenoxy) is 1. The summed E-state index contributed by atoms with van der Waals surface area (Å²) in [5.74, 6) is -0.130. The first-order chi connectivity index (χ1) is 13.1. The van der Waals surface area contributed by atoms with E-state index in [0.717, 1.165) is 22.2 Å². The summed E-state index contributed by atoms with van der Waals surface area (Å²) in [5, 5.41) is 20.0. The number of rotatable bonds is 9. The van der Waals surface area contributed by atoms with Crippen molar-refractivity contribution in [1.29, 1.82) is 0 Å². The van der Waals surface area contributed by atoms with Gasteiger partial charge in [0.05, 0.1) is 17.3 Å². The van der Waals surface area contributed by atoms with Crippen molar-refractivity contribution in [2.24, 2.45) is 0 Å². The molecule has 1 atom stereocenters. The molecular weight excluding hydrogens is 342 g/mol. The van der Waals surface area contributed by atoms with Gasteiger partial charge in [-0.3, -0.25) is 4.79 Å². The average molecular weight is 365 g/mol. The number of hydrogen-bond acceptors (Lipinski definition) is 4. The van der Waals surface area contributed by atoms with Gasteiger partial charge in [-0.05, 0) is 49.1 Å². The van der Waals surface area contributed by atoms with Crippen LogP contribution in [0.25, 0.3) is 10.9 Å². The predicted molar refractivity (Wildman–Crippen MR) is 104 cm³/mol. The molecule has 5 nitrogen and oxygen atoms in total. The predicted octanol–water partition coefficient (Wildman–Crippen LogP) is 4.49. The second-order valence-corrected chi connectivity index (χ2v) is 6.51. The number of pyridine rings is 1. The SMILES string of the molecule is O=C(O)CCCCC(O)c1cccc(OCc2ccc3ccccc3n2)c1. The van der Waals surface area contributed by atoms with Crippen LogP contribution in [0.3, 0.4) is 0 Å². The number of fused-ring (bicyclic) bond motifs is 1. The molecule has 0 bridgehead atoms. The second kappa shape index (κ2) is 9.14. The Morgan fingerprint density at radius 2 is 1.89 bits per heavy atom. The zero-order chi connectivity index (χ0) is 19.1. The number of hydrogen-bond donors (Lipinski definition) is 2. The number of aliphatic carboxylic acids is 1. The summed E-state index contributed by atoms with van der Waals surface area (Å²) in [5.41, 5.74) is 2.55. The van der Waals surface area contributed by atoms with E-state index in [2.05, 4.69) is 4.98 Å². The number of unbranched alkanes of at least 4 members (excludes halogenated alkanes) is 1. The lowest BCUT2D eigenvalue weighted by molar-refractivity contribution is -0.137. The van der Waals surface area contributed by atoms with Crippen molar-refractivity contribution in [3.8, 4) is 5.75 Å². The Hall–Kier alpha value is -2.92. The largest absolute Gasteiger partial charge is 0.487 e. The monoisotopic (exact) mass is 365 g/mol. The molecule has 0 spiro atoms. The number of aromatic nitrogens is 1. The average Bonchev–Trinajstić information content (AvgIpc) is 2.69. The van der Waals surface area contributed by atoms with Crippen molar-refractivity contribution in [2.75, 3.05) is 0 Å². The summed E-state index contributed by atoms with van der Waals surface area (Å²) in [4.78, 5) is 15.1. The Morgan fingerprint density at radius 1 is 1.04 bits per heavy atom. The third-order valence-electron chi connectivity index (χ3n) is 4.40. The minimum Gasteiger partial charge on any atom is -0.487 e. The Kier molecular flexibility index (Phi) is 6.39. The first-order valence-electron chi connectivity index (χ1n) is 9.09. The molecule has 1 aromatic heterocycles. The fourth-order valence-electron chi connectivity index (χ4n) is 2.94. The van der Waals surface area contributed by atoms with Crippen molar-refractivity contribution >= 4 is 16.9 Å². The first-order valence-corrected chi connectivity index (χ1v) is 9.09. The van der Waals surface area contributed by atoms with Gasteiger partial charge in [0.15, 0.2) is 0 Å². The van der Waals surface area contributed by atoms with E-state index in [4.69, 9.17) is 9.84 Å². The van der Waals surface area contributed by atoms with Gasteiger partial charge >= 0.3 is 5.97 Å². The highest BCUT2D eigenvalue weighted by molar-refractivity contribution is 5.78. The maximum absolute atomic E-state index is 10.5. The van der Waals surface area contributed by atoms with Crippen molar-refractivity contribution in [1.82, 2.24) is 4.98 Å². The molecule has 1 unspecified atom stereocenters. The maximum Gasteiger partial charge on any atom is 0.303 e. The molecule has 27 heavy (non-hydrogen) atoms. The van der Waals surface area contributed by atoms with Gasteiger partial charge in [-0.25, -0.2) is 4.98 Å². The van der Waals surface area contributed by atoms with Gasteiger partial charge in [0.1, 0.15) is 12.4 Å². The fourth-order valence-corrected chi connectivity index (χ4v) is 2.94. The first kappa shape index (κ1) is 18.9. The Labute approximate surface area is 158 Å². The van der Waals surface area contributed by atoms with E-state index in [9.17, 15) is 9.90 Å². The molecule has 0 saturated heterocycles. The Bertz CT molecular complexity index is 909. The van der Waals surface area contributed by atoms with E-state index in [1.807, 2.05) is 60.7 Å². The minimum absolute atomic E-state index is 0.134. The molecule has 5 heteroatoms. The second-order valence-electron chi connectivity index (χ2n) is 6.51. The molecule has 3 rings (SSSR count). The smallest absolute Gasteiger partial charge is 0.303 e. The molecule has 1 heterocycles. The highest BCUT2D eigenvalue weighted by Crippen LogP contribution is 2.24. The van der Waals surface area contributed by atoms with E-state index < -0.39 is 12.1 Å². The number of para-hydroxylation sites is 1. The standard InChI is InChI=1S/C22H23NO4/c24-21(10-3-4-11-22(25)26)17-7-5-8-19(14-17)27-15-18-13-12-16-6-1-2-9-20(16)23-18/h1-2,5-9,12-14,21,24H,3-4,10-11,15H2,(H,25,26). The zero-order valence-electron chi connectivity index (χ0n) is 15.0. The number of carbonyl (C=O) groups is 1. The third kappa shape index (κ3) is 5.53. The third-order valence-corrected chi connectivity index (χ3v) is 4.40. The van der Waals surface area contributed by atoms with E-state index in [0.29, 0.717) is 31.6 Å². The lowest BCUT2D eigenvalue weighted by Crippen LogP contribution is -2.01. The summed E-state index contributed by atoms with van der Waals surface area (Å²) in [6, 6.07) is 19.3. The van der Waals surface area contributed by atoms with E-state index in [1.54, 1.807) is 0 Å². The van der Waals surface area contributed by atoms with Crippen molar-refractivity contribution in [3.63, 3.8) is 0 Å². The van der Waals surface area contributed by atoms with Gasteiger partial charge in [-0.15, -0.1) is 0 Å². The fraction of sp³-hybridized carbons (Fsp3) is 0.273. The summed E-state index contributed by atoms with van der Waals surface area (Å²) >= 11 is 0. The minimum atomic E-state index is -0.804. The maximum atomic E-state index is 10.5. The van der Waals surface area contributed by atoms with Gasteiger partial charge < -0.3 is 14.9 Å². The summed E-state index contributed by atoms with van der Waals surface area (Å²) < 4.78 is 5.84. The quantitative estimate of drug-likeness (QED) is 0.546. The van der Waals surface area contributed by atoms with E-state index in [1.165, 1.54) is 0 Å². The van der Waals surface area contributed by atoms with Gasteiger partial charge in [-0.2, -0.15) is 0 Å². The highest BCUT2D eigenvalue weighted by Gasteiger charge is 2.09. The molecule has 2 N–H and O–H groups in total. The lowest BCUT2D eigenvalue weighted by Gasteiger charge is -2.13. The molecule has 0 aliphatic heterocycles. The van der Waals surface area contributed by atoms with Gasteiger partial charge in [0.2, 0.25) is 0 Å². The van der Waals surface area contributed by atoms with Gasteiger partial charge in [0, 0.05) is 11.8 Å². The number of aliphatic hydroxyl groups is 1. The van der Waals surface area contributed by atoms with Crippen molar-refractivity contribution in [3.05, 3.63) is 71.9 Å². The van der Waals surface area contributed by atoms with Crippen LogP contribution in [-0.2, 0) is 11.4 Å². The van der Waals surface area contributed by atoms with Gasteiger partial charge in [0.25, 0.3) is 0 Å². The van der Waals surface area contributed by atoms with Crippen LogP contribution in [0.2, 0.25) is 0 Å². The molecule has 3 aromatic rings. The summed E-state index contributed by atoms with van der Waals surface area (Å²) in [7, 11) is 0. The van der Waals surface area contributed by atoms with Crippen LogP contribution in [0.15, 0.2) is 60.7 Å². The lowest BCUT2D eigenvalue weighted by atomic mass is 10.0. The van der Waals surface area contributed by atoms with Crippen LogP contribution in [0, 0.1) is 0 Å². The van der Waals surface area contributed by atoms with Gasteiger partial charge in [-0.1, -0.05) is 36.4 Å². The molecular formula is C22H23NO4. The molecule has 0 saturated carbocycles. The van der Waals surface area contributed by atoms with Crippen LogP contribution < -0.4 is 4.74 Å². The van der Waals surface area contributed by atoms with Crippen molar-refractivity contribution in [2.45, 2.75) is 38.4 Å². The molecule has 0 fully saturated rings. The molecule has 0 aliphatic carbocycles. The number of carboxylic acid groups (broad SMARTS) is 1. The van der Waals surface area contributed by atoms with Crippen LogP contribution in [0.5, 0.6) is 5.75 Å². The van der Waals surface area contributed by atoms with Crippen LogP contribution in [-0.4, -0.2) is 21.2 Å². The number of nitrogens with zero attached hydrogens (tertiary/aromatic N) is 1. The number of aliphatic hydroxyl groups excluding tert-OH is 1. The topological polar surface area (TPSA) is 79.7 Å². The van der Waals surface area contributed by atoms with Crippen LogP contribution in [0.4, 0.5) is 0 Å². The summed E-state index contributed by atoms with van der Waals surface area (Å²) in [6.45, 7) is 0.350. The number of carboxylic acids is 1. The Morgan fingerprint density at radius 3 is 2.74 bits per heavy atom. The van der Waals surface area contributed by atoms with E-state index in [-0.39, 0.29) is 6.42 Å². The molecule has 0 amide bonds. The Balaban J connectivity index is 1.57. The number of benzene rings is 2. The molecule has 0 radical (unpaired) electrons. The molecule has 140 valence electrons. The molecule has 0 aliphatic rings. The molecule has 2 aromatic carbocycles. The highest BCUT2D eigenvalue weighted by atomic mass is 16.5. The van der Waals surface area contributed by atoms with Crippen LogP contribution in [0.1, 0.15) is 43.0 Å². The summed E-state index contributed by atoms with van der Waals surface area (Å²) in [6.07, 6.45) is 1.27. The van der Waals surface area contributed by atoms with E-state index >= 15 is 0 Å². The van der Waals surface area contributed by atoms with Crippen LogP contribution >= 0.6 is 0 Å². The normalized spacial score (nSPS) is 12.0.